The number of halogens is 3. The van der Waals surface area contributed by atoms with E-state index in [-0.39, 0.29) is 16.7 Å². The molecular formula is C23H24F3N3O6S. The maximum absolute atomic E-state index is 12.6. The Balaban J connectivity index is 0.000000454. The normalized spacial score (nSPS) is 16.1. The first kappa shape index (κ1) is 27.0. The predicted molar refractivity (Wildman–Crippen MR) is 124 cm³/mol. The van der Waals surface area contributed by atoms with Crippen LogP contribution in [0.5, 0.6) is 0 Å². The molecule has 2 amide bonds. The molecule has 36 heavy (non-hydrogen) atoms. The molecule has 2 aromatic rings. The number of alkyl halides is 3. The highest BCUT2D eigenvalue weighted by atomic mass is 32.2. The number of hydrogen-bond acceptors (Lipinski definition) is 5. The zero-order valence-electron chi connectivity index (χ0n) is 19.1. The third-order valence-corrected chi connectivity index (χ3v) is 6.91. The Bertz CT molecular complexity index is 1240. The fraction of sp³-hybridized carbons (Fsp3) is 0.348. The third-order valence-electron chi connectivity index (χ3n) is 5.51. The average Bonchev–Trinajstić information content (AvgIpc) is 3.69. The van der Waals surface area contributed by atoms with Gasteiger partial charge < -0.3 is 15.7 Å². The number of sulfonamides is 1. The van der Waals surface area contributed by atoms with Crippen LogP contribution in [0, 0.1) is 0 Å². The zero-order valence-corrected chi connectivity index (χ0v) is 19.9. The van der Waals surface area contributed by atoms with E-state index in [9.17, 15) is 31.2 Å². The number of benzene rings is 2. The lowest BCUT2D eigenvalue weighted by molar-refractivity contribution is -0.192. The van der Waals surface area contributed by atoms with Crippen molar-refractivity contribution < 1.29 is 41.1 Å². The van der Waals surface area contributed by atoms with Crippen LogP contribution in [0.2, 0.25) is 0 Å². The van der Waals surface area contributed by atoms with Gasteiger partial charge in [-0.1, -0.05) is 12.1 Å². The maximum atomic E-state index is 12.6. The average molecular weight is 528 g/mol. The zero-order chi connectivity index (χ0) is 26.7. The molecule has 2 fully saturated rings. The number of amides is 2. The summed E-state index contributed by atoms with van der Waals surface area (Å²) in [4.78, 5) is 32.6. The number of carbonyl (C=O) groups is 3. The van der Waals surface area contributed by atoms with E-state index in [4.69, 9.17) is 9.90 Å². The van der Waals surface area contributed by atoms with Crippen molar-refractivity contribution in [3.05, 3.63) is 54.1 Å². The summed E-state index contributed by atoms with van der Waals surface area (Å²) < 4.78 is 59.5. The molecule has 13 heteroatoms. The number of hydrogen-bond donors (Lipinski definition) is 4. The second kappa shape index (κ2) is 10.2. The van der Waals surface area contributed by atoms with Crippen LogP contribution in [-0.2, 0) is 29.8 Å². The molecule has 4 rings (SSSR count). The Morgan fingerprint density at radius 2 is 1.44 bits per heavy atom. The van der Waals surface area contributed by atoms with Gasteiger partial charge >= 0.3 is 12.1 Å². The van der Waals surface area contributed by atoms with Crippen molar-refractivity contribution in [1.82, 2.24) is 5.32 Å². The highest BCUT2D eigenvalue weighted by molar-refractivity contribution is 7.92. The van der Waals surface area contributed by atoms with Crippen molar-refractivity contribution in [2.45, 2.75) is 55.1 Å². The molecule has 0 bridgehead atoms. The van der Waals surface area contributed by atoms with Crippen LogP contribution < -0.4 is 15.4 Å². The van der Waals surface area contributed by atoms with Gasteiger partial charge in [0.05, 0.1) is 10.3 Å². The van der Waals surface area contributed by atoms with Crippen LogP contribution in [0.15, 0.2) is 53.4 Å². The van der Waals surface area contributed by atoms with Crippen LogP contribution in [0.3, 0.4) is 0 Å². The summed E-state index contributed by atoms with van der Waals surface area (Å²) in [5, 5.41) is 12.8. The van der Waals surface area contributed by atoms with Gasteiger partial charge in [0.15, 0.2) is 0 Å². The number of carboxylic acids is 1. The van der Waals surface area contributed by atoms with E-state index < -0.39 is 27.6 Å². The monoisotopic (exact) mass is 527 g/mol. The van der Waals surface area contributed by atoms with Gasteiger partial charge in [-0.05, 0) is 67.6 Å². The molecule has 4 N–H and O–H groups in total. The molecule has 194 valence electrons. The van der Waals surface area contributed by atoms with Crippen LogP contribution in [-0.4, -0.2) is 43.5 Å². The first-order valence-electron chi connectivity index (χ1n) is 10.8. The second-order valence-electron chi connectivity index (χ2n) is 8.52. The SMILES string of the molecule is CC(=O)Nc1ccc(S(=O)(=O)Nc2ccc(C3(C(=O)NC4CC4)CC3)cc2)cc1.O=C(O)C(F)(F)F. The van der Waals surface area contributed by atoms with Crippen LogP contribution in [0.4, 0.5) is 24.5 Å². The van der Waals surface area contributed by atoms with Crippen LogP contribution in [0.25, 0.3) is 0 Å². The summed E-state index contributed by atoms with van der Waals surface area (Å²) in [7, 11) is -3.76. The highest BCUT2D eigenvalue weighted by Crippen LogP contribution is 2.49. The lowest BCUT2D eigenvalue weighted by atomic mass is 9.95. The highest BCUT2D eigenvalue weighted by Gasteiger charge is 2.52. The van der Waals surface area contributed by atoms with Gasteiger partial charge in [0, 0.05) is 24.3 Å². The molecule has 2 saturated carbocycles. The Morgan fingerprint density at radius 1 is 0.944 bits per heavy atom. The van der Waals surface area contributed by atoms with Crippen molar-refractivity contribution in [2.75, 3.05) is 10.0 Å². The van der Waals surface area contributed by atoms with Gasteiger partial charge in [-0.25, -0.2) is 13.2 Å². The molecule has 0 aliphatic heterocycles. The number of aliphatic carboxylic acids is 1. The van der Waals surface area contributed by atoms with E-state index in [1.165, 1.54) is 31.2 Å². The Kier molecular flexibility index (Phi) is 7.62. The minimum absolute atomic E-state index is 0.0765. The summed E-state index contributed by atoms with van der Waals surface area (Å²) in [5.74, 6) is -2.90. The predicted octanol–water partition coefficient (Wildman–Crippen LogP) is 3.39. The molecule has 0 aromatic heterocycles. The minimum atomic E-state index is -5.08. The summed E-state index contributed by atoms with van der Waals surface area (Å²) in [6.45, 7) is 1.39. The van der Waals surface area contributed by atoms with Crippen LogP contribution >= 0.6 is 0 Å². The smallest absolute Gasteiger partial charge is 0.475 e. The van der Waals surface area contributed by atoms with Gasteiger partial charge in [-0.3, -0.25) is 14.3 Å². The van der Waals surface area contributed by atoms with E-state index in [0.717, 1.165) is 31.2 Å². The molecule has 0 radical (unpaired) electrons. The van der Waals surface area contributed by atoms with Crippen molar-refractivity contribution in [2.24, 2.45) is 0 Å². The van der Waals surface area contributed by atoms with Gasteiger partial charge in [0.1, 0.15) is 0 Å². The number of carbonyl (C=O) groups excluding carboxylic acids is 2. The van der Waals surface area contributed by atoms with Crippen molar-refractivity contribution in [3.8, 4) is 0 Å². The van der Waals surface area contributed by atoms with Crippen molar-refractivity contribution in [1.29, 1.82) is 0 Å². The van der Waals surface area contributed by atoms with E-state index in [0.29, 0.717) is 17.4 Å². The lowest BCUT2D eigenvalue weighted by Gasteiger charge is -2.16. The summed E-state index contributed by atoms with van der Waals surface area (Å²) in [5.41, 5.74) is 1.41. The molecule has 0 spiro atoms. The minimum Gasteiger partial charge on any atom is -0.475 e. The first-order chi connectivity index (χ1) is 16.7. The van der Waals surface area contributed by atoms with Gasteiger partial charge in [-0.2, -0.15) is 13.2 Å². The largest absolute Gasteiger partial charge is 0.490 e. The number of anilines is 2. The van der Waals surface area contributed by atoms with E-state index in [1.807, 2.05) is 12.1 Å². The molecule has 2 aliphatic carbocycles. The number of carboxylic acid groups (broad SMARTS) is 1. The van der Waals surface area contributed by atoms with Crippen molar-refractivity contribution in [3.63, 3.8) is 0 Å². The molecule has 0 unspecified atom stereocenters. The maximum Gasteiger partial charge on any atom is 0.490 e. The Hall–Kier alpha value is -3.61. The molecular weight excluding hydrogens is 503 g/mol. The fourth-order valence-electron chi connectivity index (χ4n) is 3.32. The number of nitrogens with one attached hydrogen (secondary N) is 3. The molecule has 2 aromatic carbocycles. The van der Waals surface area contributed by atoms with Crippen LogP contribution in [0.1, 0.15) is 38.2 Å². The Morgan fingerprint density at radius 3 is 1.86 bits per heavy atom. The molecule has 0 heterocycles. The topological polar surface area (TPSA) is 142 Å². The van der Waals surface area contributed by atoms with E-state index >= 15 is 0 Å². The van der Waals surface area contributed by atoms with Gasteiger partial charge in [0.25, 0.3) is 10.0 Å². The molecule has 0 atom stereocenters. The second-order valence-corrected chi connectivity index (χ2v) is 10.2. The fourth-order valence-corrected chi connectivity index (χ4v) is 4.37. The quantitative estimate of drug-likeness (QED) is 0.435. The summed E-state index contributed by atoms with van der Waals surface area (Å²) in [6, 6.07) is 13.3. The molecule has 2 aliphatic rings. The van der Waals surface area contributed by atoms with Gasteiger partial charge in [-0.15, -0.1) is 0 Å². The van der Waals surface area contributed by atoms with Gasteiger partial charge in [0.2, 0.25) is 11.8 Å². The third kappa shape index (κ3) is 6.97. The lowest BCUT2D eigenvalue weighted by Crippen LogP contribution is -2.36. The standard InChI is InChI=1S/C21H23N3O4S.C2HF3O2/c1-14(25)22-16-8-10-19(11-9-16)29(27,28)24-18-4-2-15(3-5-18)21(12-13-21)20(26)23-17-6-7-17;3-2(4,5)1(6)7/h2-5,8-11,17,24H,6-7,12-13H2,1H3,(H,22,25)(H,23,26);(H,6,7). The van der Waals surface area contributed by atoms with E-state index in [1.54, 1.807) is 12.1 Å². The first-order valence-corrected chi connectivity index (χ1v) is 12.3. The Labute approximate surface area is 205 Å². The molecule has 0 saturated heterocycles. The van der Waals surface area contributed by atoms with E-state index in [2.05, 4.69) is 15.4 Å². The summed E-state index contributed by atoms with van der Waals surface area (Å²) >= 11 is 0. The summed E-state index contributed by atoms with van der Waals surface area (Å²) in [6.07, 6.45) is -1.35. The number of rotatable bonds is 7. The molecule has 9 nitrogen and oxygen atoms in total. The van der Waals surface area contributed by atoms with Crippen molar-refractivity contribution >= 4 is 39.2 Å².